The lowest BCUT2D eigenvalue weighted by Gasteiger charge is -2.14. The van der Waals surface area contributed by atoms with E-state index in [1.165, 1.54) is 4.70 Å². The van der Waals surface area contributed by atoms with Gasteiger partial charge in [0.1, 0.15) is 5.82 Å². The second-order valence-corrected chi connectivity index (χ2v) is 7.26. The minimum Gasteiger partial charge on any atom is -0.359 e. The van der Waals surface area contributed by atoms with Crippen LogP contribution in [-0.2, 0) is 19.5 Å². The average molecular weight is 343 g/mol. The van der Waals surface area contributed by atoms with E-state index in [9.17, 15) is 4.79 Å². The summed E-state index contributed by atoms with van der Waals surface area (Å²) >= 11 is 1.69. The van der Waals surface area contributed by atoms with Crippen molar-refractivity contribution < 1.29 is 0 Å². The van der Waals surface area contributed by atoms with Gasteiger partial charge in [0.15, 0.2) is 5.13 Å². The molecule has 1 aromatic carbocycles. The van der Waals surface area contributed by atoms with Gasteiger partial charge in [-0.1, -0.05) is 30.4 Å². The Morgan fingerprint density at radius 2 is 2.21 bits per heavy atom. The van der Waals surface area contributed by atoms with Crippen LogP contribution in [0.25, 0.3) is 10.2 Å². The summed E-state index contributed by atoms with van der Waals surface area (Å²) in [5.41, 5.74) is 1.07. The first-order valence-corrected chi connectivity index (χ1v) is 9.35. The lowest BCUT2D eigenvalue weighted by Crippen LogP contribution is -2.27. The zero-order valence-corrected chi connectivity index (χ0v) is 14.6. The zero-order valence-electron chi connectivity index (χ0n) is 13.7. The molecule has 1 aliphatic heterocycles. The molecule has 7 heteroatoms. The molecular weight excluding hydrogens is 322 g/mol. The van der Waals surface area contributed by atoms with E-state index in [0.717, 1.165) is 48.7 Å². The molecule has 1 aliphatic rings. The van der Waals surface area contributed by atoms with E-state index in [1.54, 1.807) is 16.0 Å². The van der Waals surface area contributed by atoms with Crippen LogP contribution in [0.3, 0.4) is 0 Å². The summed E-state index contributed by atoms with van der Waals surface area (Å²) in [7, 11) is 0. The van der Waals surface area contributed by atoms with Gasteiger partial charge in [0.25, 0.3) is 0 Å². The van der Waals surface area contributed by atoms with Crippen LogP contribution in [0.4, 0.5) is 5.13 Å². The number of aryl methyl sites for hydroxylation is 2. The summed E-state index contributed by atoms with van der Waals surface area (Å²) in [4.78, 5) is 17.0. The third-order valence-corrected chi connectivity index (χ3v) is 5.44. The van der Waals surface area contributed by atoms with Gasteiger partial charge >= 0.3 is 5.69 Å². The van der Waals surface area contributed by atoms with E-state index in [2.05, 4.69) is 28.4 Å². The second kappa shape index (κ2) is 6.39. The maximum absolute atomic E-state index is 12.4. The quantitative estimate of drug-likeness (QED) is 0.791. The molecule has 126 valence electrons. The molecule has 1 atom stereocenters. The van der Waals surface area contributed by atoms with Crippen LogP contribution in [0.5, 0.6) is 0 Å². The smallest absolute Gasteiger partial charge is 0.345 e. The minimum atomic E-state index is 0.0347. The molecule has 2 aromatic heterocycles. The van der Waals surface area contributed by atoms with E-state index in [0.29, 0.717) is 12.6 Å². The number of nitrogens with zero attached hydrogens (tertiary/aromatic N) is 4. The number of aromatic nitrogens is 4. The number of anilines is 1. The van der Waals surface area contributed by atoms with Crippen LogP contribution < -0.4 is 11.0 Å². The average Bonchev–Trinajstić information content (AvgIpc) is 3.04. The molecule has 1 N–H and O–H groups in total. The first-order chi connectivity index (χ1) is 11.7. The molecular formula is C17H21N5OS. The number of benzene rings is 1. The maximum atomic E-state index is 12.4. The number of hydrogen-bond acceptors (Lipinski definition) is 5. The predicted octanol–water partition coefficient (Wildman–Crippen LogP) is 2.88. The molecule has 6 nitrogen and oxygen atoms in total. The summed E-state index contributed by atoms with van der Waals surface area (Å²) in [6.07, 6.45) is 3.64. The van der Waals surface area contributed by atoms with Crippen molar-refractivity contribution in [2.45, 2.75) is 51.7 Å². The molecule has 0 fully saturated rings. The van der Waals surface area contributed by atoms with Crippen molar-refractivity contribution in [3.8, 4) is 0 Å². The monoisotopic (exact) mass is 343 g/mol. The Morgan fingerprint density at radius 3 is 3.04 bits per heavy atom. The molecule has 3 heterocycles. The highest BCUT2D eigenvalue weighted by atomic mass is 32.1. The van der Waals surface area contributed by atoms with E-state index in [4.69, 9.17) is 0 Å². The van der Waals surface area contributed by atoms with Gasteiger partial charge in [0, 0.05) is 25.6 Å². The third kappa shape index (κ3) is 2.84. The number of thiazole rings is 1. The largest absolute Gasteiger partial charge is 0.359 e. The molecule has 4 rings (SSSR count). The normalized spacial score (nSPS) is 17.6. The van der Waals surface area contributed by atoms with Gasteiger partial charge in [-0.15, -0.1) is 0 Å². The summed E-state index contributed by atoms with van der Waals surface area (Å²) in [6.45, 7) is 3.49. The zero-order chi connectivity index (χ0) is 16.5. The van der Waals surface area contributed by atoms with Crippen LogP contribution in [0.15, 0.2) is 29.1 Å². The Balaban J connectivity index is 1.48. The summed E-state index contributed by atoms with van der Waals surface area (Å²) in [6, 6.07) is 8.51. The van der Waals surface area contributed by atoms with Crippen molar-refractivity contribution in [3.63, 3.8) is 0 Å². The van der Waals surface area contributed by atoms with Gasteiger partial charge in [-0.2, -0.15) is 5.10 Å². The van der Waals surface area contributed by atoms with Crippen LogP contribution in [0, 0.1) is 0 Å². The fraction of sp³-hybridized carbons (Fsp3) is 0.471. The molecule has 0 radical (unpaired) electrons. The fourth-order valence-electron chi connectivity index (χ4n) is 3.24. The molecule has 3 aromatic rings. The summed E-state index contributed by atoms with van der Waals surface area (Å²) < 4.78 is 4.65. The van der Waals surface area contributed by atoms with Crippen molar-refractivity contribution in [3.05, 3.63) is 40.6 Å². The Labute approximate surface area is 144 Å². The SMILES string of the molecule is CCCn1nc2n(c1=O)CCC(Nc1nc3ccccc3s1)CC2. The molecule has 24 heavy (non-hydrogen) atoms. The molecule has 0 saturated carbocycles. The predicted molar refractivity (Wildman–Crippen MR) is 96.7 cm³/mol. The van der Waals surface area contributed by atoms with E-state index >= 15 is 0 Å². The third-order valence-electron chi connectivity index (χ3n) is 4.47. The van der Waals surface area contributed by atoms with Gasteiger partial charge in [0.05, 0.1) is 10.2 Å². The number of nitrogens with one attached hydrogen (secondary N) is 1. The number of fused-ring (bicyclic) bond motifs is 2. The second-order valence-electron chi connectivity index (χ2n) is 6.23. The van der Waals surface area contributed by atoms with Crippen LogP contribution in [0.1, 0.15) is 32.0 Å². The first kappa shape index (κ1) is 15.4. The Kier molecular flexibility index (Phi) is 4.10. The highest BCUT2D eigenvalue weighted by molar-refractivity contribution is 7.22. The lowest BCUT2D eigenvalue weighted by molar-refractivity contribution is 0.532. The van der Waals surface area contributed by atoms with Crippen molar-refractivity contribution in [1.29, 1.82) is 0 Å². The standard InChI is InChI=1S/C17H21N5OS/c1-2-10-22-17(23)21-11-9-12(7-8-15(21)20-22)18-16-19-13-5-3-4-6-14(13)24-16/h3-6,12H,2,7-11H2,1H3,(H,18,19). The lowest BCUT2D eigenvalue weighted by atomic mass is 10.1. The molecule has 0 amide bonds. The van der Waals surface area contributed by atoms with E-state index < -0.39 is 0 Å². The van der Waals surface area contributed by atoms with Crippen molar-refractivity contribution in [1.82, 2.24) is 19.3 Å². The Hall–Kier alpha value is -2.15. The van der Waals surface area contributed by atoms with Crippen LogP contribution in [-0.4, -0.2) is 25.4 Å². The van der Waals surface area contributed by atoms with Gasteiger partial charge in [-0.3, -0.25) is 4.57 Å². The molecule has 0 aliphatic carbocycles. The Morgan fingerprint density at radius 1 is 1.33 bits per heavy atom. The maximum Gasteiger partial charge on any atom is 0.345 e. The number of para-hydroxylation sites is 1. The van der Waals surface area contributed by atoms with E-state index in [-0.39, 0.29) is 5.69 Å². The van der Waals surface area contributed by atoms with E-state index in [1.807, 2.05) is 22.8 Å². The van der Waals surface area contributed by atoms with Crippen molar-refractivity contribution in [2.24, 2.45) is 0 Å². The van der Waals surface area contributed by atoms with Crippen LogP contribution >= 0.6 is 11.3 Å². The number of hydrogen-bond donors (Lipinski definition) is 1. The van der Waals surface area contributed by atoms with Gasteiger partial charge in [0.2, 0.25) is 0 Å². The summed E-state index contributed by atoms with van der Waals surface area (Å²) in [5.74, 6) is 0.919. The van der Waals surface area contributed by atoms with Gasteiger partial charge in [-0.25, -0.2) is 14.5 Å². The summed E-state index contributed by atoms with van der Waals surface area (Å²) in [5, 5.41) is 9.02. The molecule has 0 saturated heterocycles. The highest BCUT2D eigenvalue weighted by Gasteiger charge is 2.21. The Bertz CT molecular complexity index is 876. The molecule has 1 unspecified atom stereocenters. The van der Waals surface area contributed by atoms with Crippen LogP contribution in [0.2, 0.25) is 0 Å². The van der Waals surface area contributed by atoms with Gasteiger partial charge in [-0.05, 0) is 31.4 Å². The number of rotatable bonds is 4. The minimum absolute atomic E-state index is 0.0347. The first-order valence-electron chi connectivity index (χ1n) is 8.53. The van der Waals surface area contributed by atoms with Gasteiger partial charge < -0.3 is 5.32 Å². The van der Waals surface area contributed by atoms with Crippen molar-refractivity contribution in [2.75, 3.05) is 5.32 Å². The molecule has 0 bridgehead atoms. The molecule has 0 spiro atoms. The topological polar surface area (TPSA) is 64.7 Å². The highest BCUT2D eigenvalue weighted by Crippen LogP contribution is 2.27. The van der Waals surface area contributed by atoms with Crippen molar-refractivity contribution >= 4 is 26.7 Å². The fourth-order valence-corrected chi connectivity index (χ4v) is 4.18.